The lowest BCUT2D eigenvalue weighted by Gasteiger charge is -2.08. The number of hydrogen-bond donors (Lipinski definition) is 3. The number of carboxylic acids is 1. The number of carbonyl (C=O) groups is 1. The summed E-state index contributed by atoms with van der Waals surface area (Å²) in [6.07, 6.45) is 0.749. The van der Waals surface area contributed by atoms with Crippen molar-refractivity contribution in [3.05, 3.63) is 64.7 Å². The standard InChI is InChI=1S/C17H19NO3/c1-12-10-13(6-7-15(12)17(20)21)11-18-9-8-14-4-2-3-5-16(14)19/h2-7,10,18-19H,8-9,11H2,1H3,(H,20,21). The van der Waals surface area contributed by atoms with Gasteiger partial charge in [-0.1, -0.05) is 30.3 Å². The Morgan fingerprint density at radius 1 is 1.19 bits per heavy atom. The molecule has 2 aromatic carbocycles. The lowest BCUT2D eigenvalue weighted by molar-refractivity contribution is 0.0696. The third kappa shape index (κ3) is 4.07. The average molecular weight is 285 g/mol. The number of carboxylic acid groups (broad SMARTS) is 1. The van der Waals surface area contributed by atoms with Crippen LogP contribution in [-0.2, 0) is 13.0 Å². The molecule has 0 saturated carbocycles. The van der Waals surface area contributed by atoms with Gasteiger partial charge in [0.05, 0.1) is 5.56 Å². The fourth-order valence-electron chi connectivity index (χ4n) is 2.25. The molecule has 0 fully saturated rings. The van der Waals surface area contributed by atoms with Crippen LogP contribution in [0.1, 0.15) is 27.0 Å². The van der Waals surface area contributed by atoms with Crippen molar-refractivity contribution in [2.45, 2.75) is 19.9 Å². The zero-order valence-electron chi connectivity index (χ0n) is 12.0. The first-order chi connectivity index (χ1) is 10.1. The number of rotatable bonds is 6. The predicted octanol–water partition coefficient (Wildman–Crippen LogP) is 2.73. The maximum atomic E-state index is 10.9. The van der Waals surface area contributed by atoms with Gasteiger partial charge < -0.3 is 15.5 Å². The van der Waals surface area contributed by atoms with Crippen molar-refractivity contribution in [2.75, 3.05) is 6.54 Å². The first-order valence-corrected chi connectivity index (χ1v) is 6.88. The number of aromatic hydroxyl groups is 1. The fraction of sp³-hybridized carbons (Fsp3) is 0.235. The molecule has 0 aliphatic carbocycles. The summed E-state index contributed by atoms with van der Waals surface area (Å²) >= 11 is 0. The second kappa shape index (κ2) is 6.90. The molecule has 110 valence electrons. The summed E-state index contributed by atoms with van der Waals surface area (Å²) in [4.78, 5) is 10.9. The number of phenols is 1. The van der Waals surface area contributed by atoms with Crippen LogP contribution in [0.2, 0.25) is 0 Å². The summed E-state index contributed by atoms with van der Waals surface area (Å²) in [6, 6.07) is 12.6. The van der Waals surface area contributed by atoms with Crippen molar-refractivity contribution in [3.8, 4) is 5.75 Å². The maximum absolute atomic E-state index is 10.9. The molecule has 4 heteroatoms. The predicted molar refractivity (Wildman–Crippen MR) is 81.7 cm³/mol. The summed E-state index contributed by atoms with van der Waals surface area (Å²) in [5, 5.41) is 21.9. The molecule has 0 aromatic heterocycles. The number of aromatic carboxylic acids is 1. The van der Waals surface area contributed by atoms with Crippen LogP contribution < -0.4 is 5.32 Å². The van der Waals surface area contributed by atoms with Gasteiger partial charge in [0.15, 0.2) is 0 Å². The highest BCUT2D eigenvalue weighted by atomic mass is 16.4. The minimum absolute atomic E-state index is 0.320. The highest BCUT2D eigenvalue weighted by Crippen LogP contribution is 2.15. The number of para-hydroxylation sites is 1. The third-order valence-corrected chi connectivity index (χ3v) is 3.41. The summed E-state index contributed by atoms with van der Waals surface area (Å²) in [5.41, 5.74) is 3.08. The minimum Gasteiger partial charge on any atom is -0.508 e. The van der Waals surface area contributed by atoms with Gasteiger partial charge in [0.25, 0.3) is 0 Å². The van der Waals surface area contributed by atoms with Gasteiger partial charge in [-0.3, -0.25) is 0 Å². The van der Waals surface area contributed by atoms with Gasteiger partial charge in [-0.15, -0.1) is 0 Å². The van der Waals surface area contributed by atoms with Gasteiger partial charge in [-0.2, -0.15) is 0 Å². The molecule has 4 nitrogen and oxygen atoms in total. The highest BCUT2D eigenvalue weighted by Gasteiger charge is 2.07. The topological polar surface area (TPSA) is 69.6 Å². The van der Waals surface area contributed by atoms with Gasteiger partial charge in [-0.05, 0) is 48.7 Å². The monoisotopic (exact) mass is 285 g/mol. The molecule has 3 N–H and O–H groups in total. The lowest BCUT2D eigenvalue weighted by atomic mass is 10.1. The van der Waals surface area contributed by atoms with E-state index in [1.54, 1.807) is 25.1 Å². The van der Waals surface area contributed by atoms with Crippen LogP contribution in [0.3, 0.4) is 0 Å². The van der Waals surface area contributed by atoms with Gasteiger partial charge in [0.2, 0.25) is 0 Å². The van der Waals surface area contributed by atoms with Crippen LogP contribution in [0.4, 0.5) is 0 Å². The Morgan fingerprint density at radius 2 is 1.95 bits per heavy atom. The van der Waals surface area contributed by atoms with Crippen molar-refractivity contribution >= 4 is 5.97 Å². The van der Waals surface area contributed by atoms with Crippen molar-refractivity contribution in [1.29, 1.82) is 0 Å². The Kier molecular flexibility index (Phi) is 4.95. The second-order valence-corrected chi connectivity index (χ2v) is 5.01. The molecule has 0 bridgehead atoms. The number of aryl methyl sites for hydroxylation is 1. The zero-order chi connectivity index (χ0) is 15.2. The average Bonchev–Trinajstić information content (AvgIpc) is 2.45. The molecule has 2 aromatic rings. The van der Waals surface area contributed by atoms with E-state index in [1.165, 1.54) is 0 Å². The molecule has 0 spiro atoms. The van der Waals surface area contributed by atoms with E-state index in [2.05, 4.69) is 5.32 Å². The van der Waals surface area contributed by atoms with Crippen molar-refractivity contribution in [3.63, 3.8) is 0 Å². The molecule has 0 unspecified atom stereocenters. The molecule has 0 aliphatic rings. The van der Waals surface area contributed by atoms with Crippen molar-refractivity contribution in [1.82, 2.24) is 5.32 Å². The molecular formula is C17H19NO3. The number of hydrogen-bond acceptors (Lipinski definition) is 3. The largest absolute Gasteiger partial charge is 0.508 e. The SMILES string of the molecule is Cc1cc(CNCCc2ccccc2O)ccc1C(=O)O. The van der Waals surface area contributed by atoms with Crippen LogP contribution in [0.15, 0.2) is 42.5 Å². The van der Waals surface area contributed by atoms with E-state index in [4.69, 9.17) is 5.11 Å². The molecule has 0 aliphatic heterocycles. The zero-order valence-corrected chi connectivity index (χ0v) is 12.0. The van der Waals surface area contributed by atoms with Crippen LogP contribution in [0.5, 0.6) is 5.75 Å². The van der Waals surface area contributed by atoms with Crippen molar-refractivity contribution in [2.24, 2.45) is 0 Å². The highest BCUT2D eigenvalue weighted by molar-refractivity contribution is 5.89. The van der Waals surface area contributed by atoms with Crippen LogP contribution in [0, 0.1) is 6.92 Å². The Bertz CT molecular complexity index is 638. The number of nitrogens with one attached hydrogen (secondary N) is 1. The molecule has 0 amide bonds. The summed E-state index contributed by atoms with van der Waals surface area (Å²) in [6.45, 7) is 3.22. The van der Waals surface area contributed by atoms with E-state index in [-0.39, 0.29) is 0 Å². The van der Waals surface area contributed by atoms with E-state index in [9.17, 15) is 9.90 Å². The number of phenolic OH excluding ortho intramolecular Hbond substituents is 1. The van der Waals surface area contributed by atoms with E-state index in [0.29, 0.717) is 17.9 Å². The molecule has 21 heavy (non-hydrogen) atoms. The van der Waals surface area contributed by atoms with Gasteiger partial charge >= 0.3 is 5.97 Å². The Labute approximate surface area is 124 Å². The summed E-state index contributed by atoms with van der Waals surface area (Å²) < 4.78 is 0. The van der Waals surface area contributed by atoms with Crippen molar-refractivity contribution < 1.29 is 15.0 Å². The normalized spacial score (nSPS) is 10.5. The van der Waals surface area contributed by atoms with E-state index < -0.39 is 5.97 Å². The smallest absolute Gasteiger partial charge is 0.335 e. The third-order valence-electron chi connectivity index (χ3n) is 3.41. The Morgan fingerprint density at radius 3 is 2.62 bits per heavy atom. The van der Waals surface area contributed by atoms with E-state index >= 15 is 0 Å². The lowest BCUT2D eigenvalue weighted by Crippen LogP contribution is -2.17. The molecule has 0 atom stereocenters. The van der Waals surface area contributed by atoms with E-state index in [0.717, 1.165) is 29.7 Å². The van der Waals surface area contributed by atoms with Gasteiger partial charge in [-0.25, -0.2) is 4.79 Å². The Balaban J connectivity index is 1.85. The summed E-state index contributed by atoms with van der Waals surface area (Å²) in [7, 11) is 0. The molecule has 2 rings (SSSR count). The minimum atomic E-state index is -0.897. The van der Waals surface area contributed by atoms with Crippen LogP contribution >= 0.6 is 0 Å². The van der Waals surface area contributed by atoms with Crippen LogP contribution in [-0.4, -0.2) is 22.7 Å². The first kappa shape index (κ1) is 15.1. The van der Waals surface area contributed by atoms with E-state index in [1.807, 2.05) is 24.3 Å². The first-order valence-electron chi connectivity index (χ1n) is 6.88. The molecule has 0 saturated heterocycles. The molecule has 0 heterocycles. The fourth-order valence-corrected chi connectivity index (χ4v) is 2.25. The number of benzene rings is 2. The maximum Gasteiger partial charge on any atom is 0.335 e. The molecule has 0 radical (unpaired) electrons. The molecular weight excluding hydrogens is 266 g/mol. The van der Waals surface area contributed by atoms with Crippen LogP contribution in [0.25, 0.3) is 0 Å². The van der Waals surface area contributed by atoms with Gasteiger partial charge in [0.1, 0.15) is 5.75 Å². The van der Waals surface area contributed by atoms with Gasteiger partial charge in [0, 0.05) is 6.54 Å². The Hall–Kier alpha value is -2.33. The summed E-state index contributed by atoms with van der Waals surface area (Å²) in [5.74, 6) is -0.576. The quantitative estimate of drug-likeness (QED) is 0.714. The second-order valence-electron chi connectivity index (χ2n) is 5.01.